The van der Waals surface area contributed by atoms with Crippen LogP contribution in [0.3, 0.4) is 0 Å². The fourth-order valence-corrected chi connectivity index (χ4v) is 2.68. The van der Waals surface area contributed by atoms with Crippen molar-refractivity contribution in [2.45, 2.75) is 51.4 Å². The van der Waals surface area contributed by atoms with Gasteiger partial charge in [-0.3, -0.25) is 0 Å². The summed E-state index contributed by atoms with van der Waals surface area (Å²) in [6, 6.07) is 0. The number of rotatable bonds is 5. The molecule has 15 heavy (non-hydrogen) atoms. The summed E-state index contributed by atoms with van der Waals surface area (Å²) in [5.74, 6) is 0.905. The molecule has 2 nitrogen and oxygen atoms in total. The monoisotopic (exact) mass is 211 g/mol. The molecule has 2 fully saturated rings. The number of aliphatic hydroxyl groups excluding tert-OH is 1. The van der Waals surface area contributed by atoms with Gasteiger partial charge in [0.15, 0.2) is 0 Å². The molecule has 0 aromatic carbocycles. The van der Waals surface area contributed by atoms with Crippen LogP contribution in [-0.2, 0) is 0 Å². The molecule has 0 amide bonds. The lowest BCUT2D eigenvalue weighted by atomic mass is 10.00. The molecule has 0 aromatic rings. The predicted octanol–water partition coefficient (Wildman–Crippen LogP) is 2.32. The second kappa shape index (κ2) is 5.31. The first-order valence-electron chi connectivity index (χ1n) is 6.66. The van der Waals surface area contributed by atoms with Gasteiger partial charge in [-0.2, -0.15) is 0 Å². The first-order chi connectivity index (χ1) is 7.35. The highest BCUT2D eigenvalue weighted by Crippen LogP contribution is 2.44. The quantitative estimate of drug-likeness (QED) is 0.684. The molecule has 0 saturated heterocycles. The van der Waals surface area contributed by atoms with E-state index in [-0.39, 0.29) is 5.41 Å². The van der Waals surface area contributed by atoms with Gasteiger partial charge in [-0.15, -0.1) is 0 Å². The van der Waals surface area contributed by atoms with E-state index in [1.165, 1.54) is 57.9 Å². The summed E-state index contributed by atoms with van der Waals surface area (Å²) in [7, 11) is 0. The summed E-state index contributed by atoms with van der Waals surface area (Å²) in [5, 5.41) is 12.8. The van der Waals surface area contributed by atoms with Crippen molar-refractivity contribution in [3.63, 3.8) is 0 Å². The minimum Gasteiger partial charge on any atom is -0.396 e. The van der Waals surface area contributed by atoms with E-state index in [9.17, 15) is 5.11 Å². The van der Waals surface area contributed by atoms with Gasteiger partial charge in [-0.1, -0.05) is 25.7 Å². The van der Waals surface area contributed by atoms with Crippen molar-refractivity contribution in [2.75, 3.05) is 19.7 Å². The third kappa shape index (κ3) is 3.46. The van der Waals surface area contributed by atoms with Gasteiger partial charge in [0.1, 0.15) is 0 Å². The second-order valence-electron chi connectivity index (χ2n) is 5.65. The minimum absolute atomic E-state index is 0.282. The van der Waals surface area contributed by atoms with Gasteiger partial charge in [0.25, 0.3) is 0 Å². The van der Waals surface area contributed by atoms with Crippen molar-refractivity contribution in [3.05, 3.63) is 0 Å². The van der Waals surface area contributed by atoms with Crippen molar-refractivity contribution in [3.8, 4) is 0 Å². The molecule has 2 rings (SSSR count). The zero-order valence-corrected chi connectivity index (χ0v) is 9.80. The molecular weight excluding hydrogens is 186 g/mol. The standard InChI is InChI=1S/C13H25NO/c15-11-13(7-8-13)10-14-9-12-5-3-1-2-4-6-12/h12,14-15H,1-11H2. The van der Waals surface area contributed by atoms with E-state index in [1.54, 1.807) is 0 Å². The Hall–Kier alpha value is -0.0800. The van der Waals surface area contributed by atoms with Crippen LogP contribution in [0.25, 0.3) is 0 Å². The summed E-state index contributed by atoms with van der Waals surface area (Å²) in [6.07, 6.45) is 11.0. The van der Waals surface area contributed by atoms with Crippen LogP contribution < -0.4 is 5.32 Å². The van der Waals surface area contributed by atoms with E-state index in [2.05, 4.69) is 5.32 Å². The van der Waals surface area contributed by atoms with Crippen LogP contribution in [0.4, 0.5) is 0 Å². The minimum atomic E-state index is 0.282. The number of aliphatic hydroxyl groups is 1. The smallest absolute Gasteiger partial charge is 0.0499 e. The highest BCUT2D eigenvalue weighted by atomic mass is 16.3. The molecule has 0 radical (unpaired) electrons. The average molecular weight is 211 g/mol. The lowest BCUT2D eigenvalue weighted by Crippen LogP contribution is -2.30. The van der Waals surface area contributed by atoms with Crippen LogP contribution in [0.2, 0.25) is 0 Å². The molecule has 88 valence electrons. The fraction of sp³-hybridized carbons (Fsp3) is 1.00. The van der Waals surface area contributed by atoms with Crippen molar-refractivity contribution in [1.29, 1.82) is 0 Å². The first-order valence-corrected chi connectivity index (χ1v) is 6.66. The molecule has 2 saturated carbocycles. The molecule has 2 N–H and O–H groups in total. The Morgan fingerprint density at radius 1 is 1.07 bits per heavy atom. The van der Waals surface area contributed by atoms with Gasteiger partial charge >= 0.3 is 0 Å². The Balaban J connectivity index is 1.60. The number of hydrogen-bond donors (Lipinski definition) is 2. The van der Waals surface area contributed by atoms with E-state index < -0.39 is 0 Å². The molecule has 0 spiro atoms. The van der Waals surface area contributed by atoms with E-state index in [0.717, 1.165) is 12.5 Å². The molecule has 0 unspecified atom stereocenters. The second-order valence-corrected chi connectivity index (χ2v) is 5.65. The highest BCUT2D eigenvalue weighted by molar-refractivity contribution is 4.94. The predicted molar refractivity (Wildman–Crippen MR) is 62.8 cm³/mol. The van der Waals surface area contributed by atoms with Gasteiger partial charge in [0.05, 0.1) is 0 Å². The third-order valence-corrected chi connectivity index (χ3v) is 4.20. The van der Waals surface area contributed by atoms with Crippen molar-refractivity contribution >= 4 is 0 Å². The molecule has 0 atom stereocenters. The Morgan fingerprint density at radius 2 is 1.73 bits per heavy atom. The Bertz CT molecular complexity index is 181. The van der Waals surface area contributed by atoms with Crippen LogP contribution in [-0.4, -0.2) is 24.8 Å². The van der Waals surface area contributed by atoms with Crippen molar-refractivity contribution in [2.24, 2.45) is 11.3 Å². The molecule has 0 bridgehead atoms. The van der Waals surface area contributed by atoms with Crippen molar-refractivity contribution < 1.29 is 5.11 Å². The summed E-state index contributed by atoms with van der Waals surface area (Å²) in [5.41, 5.74) is 0.282. The van der Waals surface area contributed by atoms with E-state index in [4.69, 9.17) is 0 Å². The summed E-state index contributed by atoms with van der Waals surface area (Å²) >= 11 is 0. The molecule has 0 heterocycles. The van der Waals surface area contributed by atoms with E-state index in [1.807, 2.05) is 0 Å². The summed E-state index contributed by atoms with van der Waals surface area (Å²) in [4.78, 5) is 0. The Kier molecular flexibility index (Phi) is 4.04. The zero-order valence-electron chi connectivity index (χ0n) is 9.80. The van der Waals surface area contributed by atoms with Gasteiger partial charge in [-0.05, 0) is 38.1 Å². The Labute approximate surface area is 93.5 Å². The van der Waals surface area contributed by atoms with Crippen LogP contribution in [0.1, 0.15) is 51.4 Å². The maximum atomic E-state index is 9.20. The SMILES string of the molecule is OCC1(CNCC2CCCCCC2)CC1. The number of nitrogens with one attached hydrogen (secondary N) is 1. The van der Waals surface area contributed by atoms with E-state index in [0.29, 0.717) is 6.61 Å². The third-order valence-electron chi connectivity index (χ3n) is 4.20. The van der Waals surface area contributed by atoms with Gasteiger partial charge in [-0.25, -0.2) is 0 Å². The molecular formula is C13H25NO. The Morgan fingerprint density at radius 3 is 2.27 bits per heavy atom. The maximum absolute atomic E-state index is 9.20. The summed E-state index contributed by atoms with van der Waals surface area (Å²) in [6.45, 7) is 2.60. The normalized spacial score (nSPS) is 26.2. The molecule has 2 aliphatic carbocycles. The van der Waals surface area contributed by atoms with Gasteiger partial charge < -0.3 is 10.4 Å². The number of hydrogen-bond acceptors (Lipinski definition) is 2. The zero-order chi connectivity index (χ0) is 10.6. The van der Waals surface area contributed by atoms with Crippen LogP contribution in [0.15, 0.2) is 0 Å². The topological polar surface area (TPSA) is 32.3 Å². The molecule has 2 aliphatic rings. The lowest BCUT2D eigenvalue weighted by Gasteiger charge is -2.18. The van der Waals surface area contributed by atoms with Gasteiger partial charge in [0.2, 0.25) is 0 Å². The molecule has 2 heteroatoms. The van der Waals surface area contributed by atoms with Crippen LogP contribution in [0, 0.1) is 11.3 Å². The highest BCUT2D eigenvalue weighted by Gasteiger charge is 2.41. The van der Waals surface area contributed by atoms with E-state index >= 15 is 0 Å². The first kappa shape index (κ1) is 11.4. The largest absolute Gasteiger partial charge is 0.396 e. The maximum Gasteiger partial charge on any atom is 0.0499 e. The lowest BCUT2D eigenvalue weighted by molar-refractivity contribution is 0.205. The molecule has 0 aromatic heterocycles. The van der Waals surface area contributed by atoms with Crippen LogP contribution in [0.5, 0.6) is 0 Å². The molecule has 0 aliphatic heterocycles. The fourth-order valence-electron chi connectivity index (χ4n) is 2.68. The van der Waals surface area contributed by atoms with Gasteiger partial charge in [0, 0.05) is 18.6 Å². The van der Waals surface area contributed by atoms with Crippen molar-refractivity contribution in [1.82, 2.24) is 5.32 Å². The average Bonchev–Trinajstić information content (AvgIpc) is 3.03. The summed E-state index contributed by atoms with van der Waals surface area (Å²) < 4.78 is 0. The van der Waals surface area contributed by atoms with Crippen LogP contribution >= 0.6 is 0 Å².